The van der Waals surface area contributed by atoms with Crippen molar-refractivity contribution in [3.8, 4) is 0 Å². The maximum absolute atomic E-state index is 13.2. The molecular weight excluding hydrogens is 243 g/mol. The first-order valence-corrected chi connectivity index (χ1v) is 5.78. The second kappa shape index (κ2) is 4.84. The molecule has 0 fully saturated rings. The van der Waals surface area contributed by atoms with E-state index in [1.165, 1.54) is 12.1 Å². The van der Waals surface area contributed by atoms with Gasteiger partial charge in [0.2, 0.25) is 10.0 Å². The van der Waals surface area contributed by atoms with Gasteiger partial charge in [-0.25, -0.2) is 21.6 Å². The molecule has 0 bridgehead atoms. The van der Waals surface area contributed by atoms with Crippen LogP contribution in [-0.4, -0.2) is 32.7 Å². The summed E-state index contributed by atoms with van der Waals surface area (Å²) in [5.41, 5.74) is 0. The monoisotopic (exact) mass is 253 g/mol. The van der Waals surface area contributed by atoms with Gasteiger partial charge in [0, 0.05) is 7.05 Å². The summed E-state index contributed by atoms with van der Waals surface area (Å²) in [6.07, 6.45) is -2.80. The van der Waals surface area contributed by atoms with Gasteiger partial charge in [0.15, 0.2) is 0 Å². The lowest BCUT2D eigenvalue weighted by Crippen LogP contribution is -2.31. The van der Waals surface area contributed by atoms with Crippen LogP contribution in [0.5, 0.6) is 0 Å². The van der Waals surface area contributed by atoms with Crippen LogP contribution in [0.4, 0.5) is 13.2 Å². The molecule has 16 heavy (non-hydrogen) atoms. The van der Waals surface area contributed by atoms with E-state index in [1.807, 2.05) is 0 Å². The van der Waals surface area contributed by atoms with Crippen molar-refractivity contribution in [2.45, 2.75) is 11.3 Å². The van der Waals surface area contributed by atoms with Crippen LogP contribution >= 0.6 is 0 Å². The van der Waals surface area contributed by atoms with Crippen LogP contribution in [0.15, 0.2) is 29.2 Å². The molecule has 0 amide bonds. The van der Waals surface area contributed by atoms with Gasteiger partial charge < -0.3 is 0 Å². The van der Waals surface area contributed by atoms with Crippen LogP contribution < -0.4 is 0 Å². The molecule has 0 atom stereocenters. The Kier molecular flexibility index (Phi) is 3.93. The zero-order valence-corrected chi connectivity index (χ0v) is 9.22. The minimum atomic E-state index is -4.19. The smallest absolute Gasteiger partial charge is 0.209 e. The molecule has 0 aliphatic heterocycles. The highest BCUT2D eigenvalue weighted by Crippen LogP contribution is 2.18. The van der Waals surface area contributed by atoms with Crippen LogP contribution in [0, 0.1) is 5.82 Å². The average Bonchev–Trinajstić information content (AvgIpc) is 2.16. The van der Waals surface area contributed by atoms with Crippen molar-refractivity contribution in [1.29, 1.82) is 0 Å². The lowest BCUT2D eigenvalue weighted by molar-refractivity contribution is 0.126. The van der Waals surface area contributed by atoms with E-state index in [2.05, 4.69) is 0 Å². The van der Waals surface area contributed by atoms with E-state index in [-0.39, 0.29) is 0 Å². The van der Waals surface area contributed by atoms with Gasteiger partial charge in [-0.2, -0.15) is 4.31 Å². The number of alkyl halides is 2. The Labute approximate surface area is 91.5 Å². The van der Waals surface area contributed by atoms with Gasteiger partial charge >= 0.3 is 0 Å². The molecule has 1 rings (SSSR count). The third-order valence-corrected chi connectivity index (χ3v) is 3.78. The predicted octanol–water partition coefficient (Wildman–Crippen LogP) is 1.71. The molecule has 3 nitrogen and oxygen atoms in total. The highest BCUT2D eigenvalue weighted by Gasteiger charge is 2.26. The lowest BCUT2D eigenvalue weighted by atomic mass is 10.4. The lowest BCUT2D eigenvalue weighted by Gasteiger charge is -2.16. The van der Waals surface area contributed by atoms with Gasteiger partial charge in [-0.1, -0.05) is 12.1 Å². The third kappa shape index (κ3) is 2.73. The Morgan fingerprint density at radius 3 is 2.38 bits per heavy atom. The summed E-state index contributed by atoms with van der Waals surface area (Å²) in [7, 11) is -3.21. The molecular formula is C9H10F3NO2S. The largest absolute Gasteiger partial charge is 0.252 e. The topological polar surface area (TPSA) is 37.4 Å². The zero-order chi connectivity index (χ0) is 12.3. The molecule has 0 heterocycles. The average molecular weight is 253 g/mol. The Balaban J connectivity index is 3.08. The summed E-state index contributed by atoms with van der Waals surface area (Å²) in [5, 5.41) is 0. The number of hydrogen-bond donors (Lipinski definition) is 0. The van der Waals surface area contributed by atoms with Gasteiger partial charge in [0.25, 0.3) is 6.43 Å². The standard InChI is InChI=1S/C9H10F3NO2S/c1-13(6-9(11)12)16(14,15)8-5-3-2-4-7(8)10/h2-5,9H,6H2,1H3. The maximum atomic E-state index is 13.2. The van der Waals surface area contributed by atoms with Crippen LogP contribution in [0.1, 0.15) is 0 Å². The van der Waals surface area contributed by atoms with Crippen LogP contribution in [0.3, 0.4) is 0 Å². The van der Waals surface area contributed by atoms with Crippen LogP contribution in [0.25, 0.3) is 0 Å². The fourth-order valence-corrected chi connectivity index (χ4v) is 2.32. The second-order valence-corrected chi connectivity index (χ2v) is 5.12. The van der Waals surface area contributed by atoms with E-state index in [0.29, 0.717) is 4.31 Å². The maximum Gasteiger partial charge on any atom is 0.252 e. The molecule has 0 unspecified atom stereocenters. The number of sulfonamides is 1. The molecule has 0 saturated heterocycles. The Hall–Kier alpha value is -1.08. The number of nitrogens with zero attached hydrogens (tertiary/aromatic N) is 1. The highest BCUT2D eigenvalue weighted by molar-refractivity contribution is 7.89. The SMILES string of the molecule is CN(CC(F)F)S(=O)(=O)c1ccccc1F. The Morgan fingerprint density at radius 1 is 1.31 bits per heavy atom. The van der Waals surface area contributed by atoms with Gasteiger partial charge in [-0.15, -0.1) is 0 Å². The first kappa shape index (κ1) is 13.0. The molecule has 0 radical (unpaired) electrons. The molecule has 1 aromatic rings. The number of rotatable bonds is 4. The molecule has 0 aromatic heterocycles. The normalized spacial score (nSPS) is 12.4. The first-order valence-electron chi connectivity index (χ1n) is 4.34. The van der Waals surface area contributed by atoms with Crippen molar-refractivity contribution in [2.75, 3.05) is 13.6 Å². The molecule has 7 heteroatoms. The van der Waals surface area contributed by atoms with Crippen LogP contribution in [-0.2, 0) is 10.0 Å². The summed E-state index contributed by atoms with van der Waals surface area (Å²) in [6, 6.07) is 4.64. The number of halogens is 3. The van der Waals surface area contributed by atoms with E-state index >= 15 is 0 Å². The summed E-state index contributed by atoms with van der Waals surface area (Å²) >= 11 is 0. The summed E-state index contributed by atoms with van der Waals surface area (Å²) in [6.45, 7) is -0.962. The predicted molar refractivity (Wildman–Crippen MR) is 52.2 cm³/mol. The van der Waals surface area contributed by atoms with Crippen LogP contribution in [0.2, 0.25) is 0 Å². The zero-order valence-electron chi connectivity index (χ0n) is 8.40. The highest BCUT2D eigenvalue weighted by atomic mass is 32.2. The van der Waals surface area contributed by atoms with E-state index in [9.17, 15) is 21.6 Å². The van der Waals surface area contributed by atoms with Gasteiger partial charge in [0.05, 0.1) is 6.54 Å². The summed E-state index contributed by atoms with van der Waals surface area (Å²) in [5.74, 6) is -0.955. The summed E-state index contributed by atoms with van der Waals surface area (Å²) < 4.78 is 61.0. The van der Waals surface area contributed by atoms with Crippen molar-refractivity contribution in [1.82, 2.24) is 4.31 Å². The fourth-order valence-electron chi connectivity index (χ4n) is 1.11. The quantitative estimate of drug-likeness (QED) is 0.819. The van der Waals surface area contributed by atoms with E-state index in [0.717, 1.165) is 19.2 Å². The van der Waals surface area contributed by atoms with Crippen molar-refractivity contribution in [2.24, 2.45) is 0 Å². The molecule has 1 aromatic carbocycles. The minimum absolute atomic E-state index is 0.427. The Bertz CT molecular complexity index is 462. The van der Waals surface area contributed by atoms with Crippen molar-refractivity contribution in [3.05, 3.63) is 30.1 Å². The Morgan fingerprint density at radius 2 is 1.88 bits per heavy atom. The fraction of sp³-hybridized carbons (Fsp3) is 0.333. The van der Waals surface area contributed by atoms with Gasteiger partial charge in [-0.05, 0) is 12.1 Å². The second-order valence-electron chi connectivity index (χ2n) is 3.11. The molecule has 0 saturated carbocycles. The molecule has 90 valence electrons. The van der Waals surface area contributed by atoms with Crippen molar-refractivity contribution in [3.63, 3.8) is 0 Å². The van der Waals surface area contributed by atoms with E-state index in [4.69, 9.17) is 0 Å². The van der Waals surface area contributed by atoms with Gasteiger partial charge in [-0.3, -0.25) is 0 Å². The molecule has 0 aliphatic rings. The van der Waals surface area contributed by atoms with Crippen molar-refractivity contribution < 1.29 is 21.6 Å². The van der Waals surface area contributed by atoms with E-state index in [1.54, 1.807) is 0 Å². The van der Waals surface area contributed by atoms with E-state index < -0.39 is 33.7 Å². The third-order valence-electron chi connectivity index (χ3n) is 1.92. The van der Waals surface area contributed by atoms with Gasteiger partial charge in [0.1, 0.15) is 10.7 Å². The number of benzene rings is 1. The minimum Gasteiger partial charge on any atom is -0.209 e. The summed E-state index contributed by atoms with van der Waals surface area (Å²) in [4.78, 5) is -0.599. The number of hydrogen-bond acceptors (Lipinski definition) is 2. The molecule has 0 spiro atoms. The van der Waals surface area contributed by atoms with Crippen molar-refractivity contribution >= 4 is 10.0 Å². The molecule has 0 aliphatic carbocycles. The molecule has 0 N–H and O–H groups in total. The first-order chi connectivity index (χ1) is 7.35.